The summed E-state index contributed by atoms with van der Waals surface area (Å²) in [7, 11) is 0. The standard InChI is InChI=1S/C50H31N3S/c1-3-13-32(14-4-1)33-23-25-35(26-24-33)48-51-47(34-15-5-2-6-16-34)52-49(53-48)37-28-27-36-31-44-40(30-38(36)29-37)39-17-7-8-18-41(39)50(44)42-19-9-11-21-45(42)54-46-22-12-10-20-43(46)50/h1-31H. The van der Waals surface area contributed by atoms with E-state index in [1.54, 1.807) is 0 Å². The van der Waals surface area contributed by atoms with Gasteiger partial charge in [0.25, 0.3) is 0 Å². The number of hydrogen-bond acceptors (Lipinski definition) is 4. The molecule has 252 valence electrons. The first-order chi connectivity index (χ1) is 26.7. The van der Waals surface area contributed by atoms with E-state index in [2.05, 4.69) is 164 Å². The average molecular weight is 706 g/mol. The van der Waals surface area contributed by atoms with Crippen molar-refractivity contribution in [3.63, 3.8) is 0 Å². The van der Waals surface area contributed by atoms with Gasteiger partial charge < -0.3 is 0 Å². The number of hydrogen-bond donors (Lipinski definition) is 0. The van der Waals surface area contributed by atoms with Gasteiger partial charge in [0.2, 0.25) is 0 Å². The fraction of sp³-hybridized carbons (Fsp3) is 0.0200. The molecular formula is C50H31N3S. The van der Waals surface area contributed by atoms with Gasteiger partial charge >= 0.3 is 0 Å². The zero-order valence-electron chi connectivity index (χ0n) is 29.1. The van der Waals surface area contributed by atoms with Crippen molar-refractivity contribution in [2.75, 3.05) is 0 Å². The fourth-order valence-corrected chi connectivity index (χ4v) is 9.72. The van der Waals surface area contributed by atoms with Gasteiger partial charge in [0.1, 0.15) is 0 Å². The molecule has 8 aromatic carbocycles. The van der Waals surface area contributed by atoms with Crippen molar-refractivity contribution in [2.24, 2.45) is 0 Å². The summed E-state index contributed by atoms with van der Waals surface area (Å²) in [5.74, 6) is 1.95. The van der Waals surface area contributed by atoms with E-state index < -0.39 is 5.41 Å². The Hall–Kier alpha value is -6.62. The monoisotopic (exact) mass is 705 g/mol. The Balaban J connectivity index is 1.08. The van der Waals surface area contributed by atoms with Gasteiger partial charge in [0, 0.05) is 26.5 Å². The highest BCUT2D eigenvalue weighted by Crippen LogP contribution is 2.62. The van der Waals surface area contributed by atoms with Gasteiger partial charge in [-0.3, -0.25) is 0 Å². The fourth-order valence-electron chi connectivity index (χ4n) is 8.53. The molecule has 1 aromatic heterocycles. The molecule has 1 aliphatic heterocycles. The predicted octanol–water partition coefficient (Wildman–Crippen LogP) is 12.5. The summed E-state index contributed by atoms with van der Waals surface area (Å²) in [4.78, 5) is 17.8. The van der Waals surface area contributed by atoms with Gasteiger partial charge in [0.15, 0.2) is 17.5 Å². The number of fused-ring (bicyclic) bond motifs is 10. The molecule has 9 aromatic rings. The highest BCUT2D eigenvalue weighted by Gasteiger charge is 2.50. The van der Waals surface area contributed by atoms with Crippen molar-refractivity contribution in [1.29, 1.82) is 0 Å². The van der Waals surface area contributed by atoms with Gasteiger partial charge in [-0.05, 0) is 85.6 Å². The van der Waals surface area contributed by atoms with Crippen LogP contribution in [0.25, 0.3) is 67.2 Å². The van der Waals surface area contributed by atoms with Gasteiger partial charge in [-0.2, -0.15) is 0 Å². The van der Waals surface area contributed by atoms with Gasteiger partial charge in [0.05, 0.1) is 5.41 Å². The van der Waals surface area contributed by atoms with Crippen LogP contribution < -0.4 is 0 Å². The quantitative estimate of drug-likeness (QED) is 0.183. The second kappa shape index (κ2) is 12.2. The van der Waals surface area contributed by atoms with E-state index in [1.165, 1.54) is 54.1 Å². The zero-order valence-corrected chi connectivity index (χ0v) is 30.0. The third kappa shape index (κ3) is 4.74. The SMILES string of the molecule is c1ccc(-c2ccc(-c3nc(-c4ccccc4)nc(-c4ccc5cc6c(cc5c4)-c4ccccc4C64c5ccccc5Sc5ccccc54)n3)cc2)cc1. The Labute approximate surface area is 318 Å². The molecule has 1 spiro atoms. The molecule has 0 fully saturated rings. The molecular weight excluding hydrogens is 675 g/mol. The Bertz CT molecular complexity index is 2860. The van der Waals surface area contributed by atoms with Crippen LogP contribution in [0.1, 0.15) is 22.3 Å². The van der Waals surface area contributed by atoms with E-state index in [9.17, 15) is 0 Å². The van der Waals surface area contributed by atoms with Crippen LogP contribution in [0.15, 0.2) is 198 Å². The minimum atomic E-state index is -0.402. The van der Waals surface area contributed by atoms with Crippen molar-refractivity contribution in [2.45, 2.75) is 15.2 Å². The summed E-state index contributed by atoms with van der Waals surface area (Å²) in [5, 5.41) is 2.34. The van der Waals surface area contributed by atoms with Gasteiger partial charge in [-0.25, -0.2) is 15.0 Å². The molecule has 0 saturated heterocycles. The van der Waals surface area contributed by atoms with Crippen LogP contribution in [-0.2, 0) is 5.41 Å². The normalized spacial score (nSPS) is 13.3. The molecule has 0 amide bonds. The van der Waals surface area contributed by atoms with E-state index in [0.29, 0.717) is 17.5 Å². The van der Waals surface area contributed by atoms with Crippen molar-refractivity contribution in [3.8, 4) is 56.4 Å². The topological polar surface area (TPSA) is 38.7 Å². The molecule has 3 nitrogen and oxygen atoms in total. The summed E-state index contributed by atoms with van der Waals surface area (Å²) < 4.78 is 0. The molecule has 0 atom stereocenters. The van der Waals surface area contributed by atoms with Crippen molar-refractivity contribution in [1.82, 2.24) is 15.0 Å². The van der Waals surface area contributed by atoms with Crippen molar-refractivity contribution in [3.05, 3.63) is 210 Å². The highest BCUT2D eigenvalue weighted by atomic mass is 32.2. The molecule has 0 unspecified atom stereocenters. The average Bonchev–Trinajstić information content (AvgIpc) is 3.52. The van der Waals surface area contributed by atoms with Gasteiger partial charge in [-0.1, -0.05) is 169 Å². The number of rotatable bonds is 4. The molecule has 11 rings (SSSR count). The lowest BCUT2D eigenvalue weighted by atomic mass is 9.67. The van der Waals surface area contributed by atoms with E-state index in [0.717, 1.165) is 27.6 Å². The smallest absolute Gasteiger partial charge is 0.164 e. The first-order valence-corrected chi connectivity index (χ1v) is 19.1. The van der Waals surface area contributed by atoms with Crippen LogP contribution in [0.4, 0.5) is 0 Å². The van der Waals surface area contributed by atoms with Crippen molar-refractivity contribution >= 4 is 22.5 Å². The van der Waals surface area contributed by atoms with E-state index >= 15 is 0 Å². The van der Waals surface area contributed by atoms with Crippen molar-refractivity contribution < 1.29 is 0 Å². The minimum absolute atomic E-state index is 0.402. The molecule has 0 radical (unpaired) electrons. The molecule has 0 saturated carbocycles. The number of benzene rings is 8. The molecule has 2 aliphatic rings. The molecule has 1 aliphatic carbocycles. The third-order valence-corrected chi connectivity index (χ3v) is 12.1. The maximum Gasteiger partial charge on any atom is 0.164 e. The lowest BCUT2D eigenvalue weighted by Crippen LogP contribution is -2.31. The lowest BCUT2D eigenvalue weighted by molar-refractivity contribution is 0.723. The summed E-state index contributed by atoms with van der Waals surface area (Å²) in [6.07, 6.45) is 0. The Morgan fingerprint density at radius 3 is 1.46 bits per heavy atom. The first kappa shape index (κ1) is 31.0. The molecule has 54 heavy (non-hydrogen) atoms. The number of aromatic nitrogens is 3. The zero-order chi connectivity index (χ0) is 35.6. The second-order valence-corrected chi connectivity index (χ2v) is 15.0. The van der Waals surface area contributed by atoms with Crippen LogP contribution in [0, 0.1) is 0 Å². The molecule has 4 heteroatoms. The Morgan fingerprint density at radius 2 is 0.796 bits per heavy atom. The summed E-state index contributed by atoms with van der Waals surface area (Å²) >= 11 is 1.88. The summed E-state index contributed by atoms with van der Waals surface area (Å²) in [6, 6.07) is 67.4. The Morgan fingerprint density at radius 1 is 0.315 bits per heavy atom. The van der Waals surface area contributed by atoms with Crippen LogP contribution in [0.5, 0.6) is 0 Å². The van der Waals surface area contributed by atoms with E-state index in [1.807, 2.05) is 36.0 Å². The summed E-state index contributed by atoms with van der Waals surface area (Å²) in [6.45, 7) is 0. The van der Waals surface area contributed by atoms with E-state index in [4.69, 9.17) is 15.0 Å². The van der Waals surface area contributed by atoms with Crippen LogP contribution in [0.3, 0.4) is 0 Å². The molecule has 0 N–H and O–H groups in total. The maximum absolute atomic E-state index is 5.11. The number of nitrogens with zero attached hydrogens (tertiary/aromatic N) is 3. The lowest BCUT2D eigenvalue weighted by Gasteiger charge is -2.39. The summed E-state index contributed by atoms with van der Waals surface area (Å²) in [5.41, 5.74) is 12.7. The van der Waals surface area contributed by atoms with Crippen LogP contribution in [0.2, 0.25) is 0 Å². The minimum Gasteiger partial charge on any atom is -0.208 e. The third-order valence-electron chi connectivity index (χ3n) is 11.0. The maximum atomic E-state index is 5.11. The molecule has 0 bridgehead atoms. The van der Waals surface area contributed by atoms with Crippen LogP contribution in [-0.4, -0.2) is 15.0 Å². The predicted molar refractivity (Wildman–Crippen MR) is 221 cm³/mol. The second-order valence-electron chi connectivity index (χ2n) is 14.0. The molecule has 2 heterocycles. The largest absolute Gasteiger partial charge is 0.208 e. The first-order valence-electron chi connectivity index (χ1n) is 18.3. The van der Waals surface area contributed by atoms with E-state index in [-0.39, 0.29) is 0 Å². The van der Waals surface area contributed by atoms with Crippen LogP contribution >= 0.6 is 11.8 Å². The Kier molecular flexibility index (Phi) is 7.01. The highest BCUT2D eigenvalue weighted by molar-refractivity contribution is 7.99. The van der Waals surface area contributed by atoms with Gasteiger partial charge in [-0.15, -0.1) is 0 Å².